The van der Waals surface area contributed by atoms with Gasteiger partial charge >= 0.3 is 11.9 Å². The van der Waals surface area contributed by atoms with Gasteiger partial charge in [-0.05, 0) is 27.7 Å². The van der Waals surface area contributed by atoms with Gasteiger partial charge in [0.1, 0.15) is 6.61 Å². The summed E-state index contributed by atoms with van der Waals surface area (Å²) in [5.74, 6) is -0.769. The van der Waals surface area contributed by atoms with Gasteiger partial charge in [0.05, 0.1) is 12.7 Å². The highest BCUT2D eigenvalue weighted by Gasteiger charge is 2.03. The molecule has 0 heterocycles. The molecule has 0 aliphatic heterocycles. The van der Waals surface area contributed by atoms with E-state index in [1.54, 1.807) is 27.7 Å². The zero-order valence-electron chi connectivity index (χ0n) is 11.5. The molecule has 0 radical (unpaired) electrons. The second-order valence-corrected chi connectivity index (χ2v) is 3.87. The van der Waals surface area contributed by atoms with Gasteiger partial charge in [-0.1, -0.05) is 13.2 Å². The number of aliphatic hydroxyl groups excluding tert-OH is 1. The first kappa shape index (κ1) is 18.7. The molecule has 104 valence electrons. The number of aliphatic hydroxyl groups is 1. The number of esters is 2. The highest BCUT2D eigenvalue weighted by atomic mass is 16.5. The Balaban J connectivity index is 0. The number of rotatable bonds is 5. The first-order valence-electron chi connectivity index (χ1n) is 5.52. The number of carbonyl (C=O) groups is 2. The van der Waals surface area contributed by atoms with Crippen molar-refractivity contribution in [2.45, 2.75) is 33.8 Å². The van der Waals surface area contributed by atoms with E-state index in [2.05, 4.69) is 17.9 Å². The summed E-state index contributed by atoms with van der Waals surface area (Å²) in [5.41, 5.74) is 0.798. The molecule has 0 aromatic rings. The standard InChI is InChI=1S/C7H12O2.C6H10O3/c1-5(2)7(8)9-6(3)4;1-5(2)6(8)9-4-3-7/h6H,1H2,2-4H3;7H,1,3-4H2,2H3. The molecule has 5 heteroatoms. The first-order chi connectivity index (χ1) is 8.22. The Kier molecular flexibility index (Phi) is 11.0. The Hall–Kier alpha value is -1.62. The largest absolute Gasteiger partial charge is 0.460 e. The van der Waals surface area contributed by atoms with Gasteiger partial charge in [-0.3, -0.25) is 0 Å². The molecule has 0 aromatic carbocycles. The molecular formula is C13H22O5. The predicted molar refractivity (Wildman–Crippen MR) is 68.9 cm³/mol. The summed E-state index contributed by atoms with van der Waals surface area (Å²) in [6.07, 6.45) is -0.0470. The van der Waals surface area contributed by atoms with E-state index in [0.717, 1.165) is 0 Å². The van der Waals surface area contributed by atoms with Crippen LogP contribution in [0.3, 0.4) is 0 Å². The predicted octanol–water partition coefficient (Wildman–Crippen LogP) is 1.61. The zero-order valence-corrected chi connectivity index (χ0v) is 11.5. The third-order valence-electron chi connectivity index (χ3n) is 1.36. The van der Waals surface area contributed by atoms with Crippen LogP contribution >= 0.6 is 0 Å². The smallest absolute Gasteiger partial charge is 0.333 e. The Morgan fingerprint density at radius 3 is 1.78 bits per heavy atom. The normalized spacial score (nSPS) is 9.00. The van der Waals surface area contributed by atoms with E-state index in [1.807, 2.05) is 0 Å². The van der Waals surface area contributed by atoms with Gasteiger partial charge in [-0.15, -0.1) is 0 Å². The van der Waals surface area contributed by atoms with Crippen LogP contribution in [0, 0.1) is 0 Å². The minimum absolute atomic E-state index is 0.0470. The van der Waals surface area contributed by atoms with Crippen molar-refractivity contribution in [2.75, 3.05) is 13.2 Å². The van der Waals surface area contributed by atoms with Gasteiger partial charge in [0.25, 0.3) is 0 Å². The molecule has 18 heavy (non-hydrogen) atoms. The minimum atomic E-state index is -0.455. The minimum Gasteiger partial charge on any atom is -0.460 e. The molecule has 0 bridgehead atoms. The van der Waals surface area contributed by atoms with Crippen LogP contribution in [0.2, 0.25) is 0 Å². The van der Waals surface area contributed by atoms with Crippen molar-refractivity contribution in [3.05, 3.63) is 24.3 Å². The van der Waals surface area contributed by atoms with Crippen LogP contribution < -0.4 is 0 Å². The molecule has 0 saturated carbocycles. The van der Waals surface area contributed by atoms with Crippen molar-refractivity contribution >= 4 is 11.9 Å². The third kappa shape index (κ3) is 12.4. The summed E-state index contributed by atoms with van der Waals surface area (Å²) in [6, 6.07) is 0. The van der Waals surface area contributed by atoms with Crippen LogP contribution in [0.4, 0.5) is 0 Å². The second kappa shape index (κ2) is 10.5. The Morgan fingerprint density at radius 2 is 1.56 bits per heavy atom. The van der Waals surface area contributed by atoms with Crippen LogP contribution in [-0.2, 0) is 19.1 Å². The summed E-state index contributed by atoms with van der Waals surface area (Å²) >= 11 is 0. The number of hydrogen-bond donors (Lipinski definition) is 1. The lowest BCUT2D eigenvalue weighted by Crippen LogP contribution is -2.11. The average molecular weight is 258 g/mol. The fourth-order valence-corrected chi connectivity index (χ4v) is 0.576. The van der Waals surface area contributed by atoms with E-state index < -0.39 is 5.97 Å². The second-order valence-electron chi connectivity index (χ2n) is 3.87. The summed E-state index contributed by atoms with van der Waals surface area (Å²) in [6.45, 7) is 13.5. The first-order valence-corrected chi connectivity index (χ1v) is 5.52. The topological polar surface area (TPSA) is 72.8 Å². The van der Waals surface area contributed by atoms with Crippen molar-refractivity contribution in [3.63, 3.8) is 0 Å². The lowest BCUT2D eigenvalue weighted by atomic mass is 10.3. The van der Waals surface area contributed by atoms with Crippen LogP contribution in [0.15, 0.2) is 24.3 Å². The fourth-order valence-electron chi connectivity index (χ4n) is 0.576. The zero-order chi connectivity index (χ0) is 14.7. The van der Waals surface area contributed by atoms with Crippen LogP contribution in [0.25, 0.3) is 0 Å². The summed E-state index contributed by atoms with van der Waals surface area (Å²) < 4.78 is 9.24. The van der Waals surface area contributed by atoms with E-state index >= 15 is 0 Å². The SMILES string of the molecule is C=C(C)C(=O)OC(C)C.C=C(C)C(=O)OCCO. The van der Waals surface area contributed by atoms with Crippen LogP contribution in [0.1, 0.15) is 27.7 Å². The van der Waals surface area contributed by atoms with Crippen molar-refractivity contribution < 1.29 is 24.2 Å². The Morgan fingerprint density at radius 1 is 1.11 bits per heavy atom. The molecule has 0 aliphatic carbocycles. The molecule has 0 rings (SSSR count). The molecule has 0 aliphatic rings. The van der Waals surface area contributed by atoms with Gasteiger partial charge in [-0.25, -0.2) is 9.59 Å². The lowest BCUT2D eigenvalue weighted by molar-refractivity contribution is -0.142. The van der Waals surface area contributed by atoms with Crippen LogP contribution in [-0.4, -0.2) is 36.4 Å². The van der Waals surface area contributed by atoms with Gasteiger partial charge in [0.2, 0.25) is 0 Å². The molecule has 5 nitrogen and oxygen atoms in total. The van der Waals surface area contributed by atoms with E-state index in [1.165, 1.54) is 0 Å². The van der Waals surface area contributed by atoms with Crippen molar-refractivity contribution in [1.29, 1.82) is 0 Å². The van der Waals surface area contributed by atoms with E-state index in [9.17, 15) is 9.59 Å². The average Bonchev–Trinajstić information content (AvgIpc) is 2.25. The van der Waals surface area contributed by atoms with Gasteiger partial charge in [0.15, 0.2) is 0 Å². The quantitative estimate of drug-likeness (QED) is 0.599. The third-order valence-corrected chi connectivity index (χ3v) is 1.36. The van der Waals surface area contributed by atoms with E-state index in [0.29, 0.717) is 11.1 Å². The maximum Gasteiger partial charge on any atom is 0.333 e. The van der Waals surface area contributed by atoms with E-state index in [4.69, 9.17) is 9.84 Å². The molecule has 1 N–H and O–H groups in total. The van der Waals surface area contributed by atoms with E-state index in [-0.39, 0.29) is 25.3 Å². The molecule has 0 amide bonds. The molecule has 0 spiro atoms. The summed E-state index contributed by atoms with van der Waals surface area (Å²) in [5, 5.41) is 8.19. The lowest BCUT2D eigenvalue weighted by Gasteiger charge is -2.05. The highest BCUT2D eigenvalue weighted by molar-refractivity contribution is 5.87. The van der Waals surface area contributed by atoms with Crippen LogP contribution in [0.5, 0.6) is 0 Å². The Labute approximate surface area is 108 Å². The molecule has 0 unspecified atom stereocenters. The highest BCUT2D eigenvalue weighted by Crippen LogP contribution is 1.95. The van der Waals surface area contributed by atoms with Crippen molar-refractivity contribution in [2.24, 2.45) is 0 Å². The molecule has 0 aromatic heterocycles. The molecule has 0 fully saturated rings. The summed E-state index contributed by atoms with van der Waals surface area (Å²) in [7, 11) is 0. The number of ether oxygens (including phenoxy) is 2. The maximum atomic E-state index is 10.6. The van der Waals surface area contributed by atoms with Gasteiger partial charge < -0.3 is 14.6 Å². The fraction of sp³-hybridized carbons (Fsp3) is 0.538. The molecule has 0 atom stereocenters. The Bertz CT molecular complexity index is 305. The number of carbonyl (C=O) groups excluding carboxylic acids is 2. The van der Waals surface area contributed by atoms with Gasteiger partial charge in [-0.2, -0.15) is 0 Å². The van der Waals surface area contributed by atoms with Crippen molar-refractivity contribution in [3.8, 4) is 0 Å². The maximum absolute atomic E-state index is 10.6. The molecule has 0 saturated heterocycles. The number of hydrogen-bond acceptors (Lipinski definition) is 5. The van der Waals surface area contributed by atoms with Crippen molar-refractivity contribution in [1.82, 2.24) is 0 Å². The molecular weight excluding hydrogens is 236 g/mol. The summed E-state index contributed by atoms with van der Waals surface area (Å²) in [4.78, 5) is 21.1. The van der Waals surface area contributed by atoms with Gasteiger partial charge in [0, 0.05) is 11.1 Å². The monoisotopic (exact) mass is 258 g/mol.